The van der Waals surface area contributed by atoms with Gasteiger partial charge in [0.05, 0.1) is 23.7 Å². The van der Waals surface area contributed by atoms with E-state index in [0.29, 0.717) is 0 Å². The molecule has 10 heteroatoms. The van der Waals surface area contributed by atoms with Crippen LogP contribution in [0.1, 0.15) is 13.8 Å². The largest absolute Gasteiger partial charge is 0.380 e. The number of rotatable bonds is 7. The number of pyridine rings is 1. The molecule has 1 atom stereocenters. The smallest absolute Gasteiger partial charge is 0.255 e. The Labute approximate surface area is 124 Å². The molecule has 0 saturated carbocycles. The highest BCUT2D eigenvalue weighted by atomic mass is 32.2. The van der Waals surface area contributed by atoms with Crippen molar-refractivity contribution in [1.82, 2.24) is 4.98 Å². The summed E-state index contributed by atoms with van der Waals surface area (Å²) in [6.45, 7) is 3.71. The van der Waals surface area contributed by atoms with Crippen LogP contribution in [0.2, 0.25) is 0 Å². The quantitative estimate of drug-likeness (QED) is 0.728. The average molecular weight is 337 g/mol. The van der Waals surface area contributed by atoms with E-state index in [2.05, 4.69) is 9.71 Å². The first kappa shape index (κ1) is 17.8. The van der Waals surface area contributed by atoms with E-state index >= 15 is 0 Å². The molecule has 3 N–H and O–H groups in total. The minimum Gasteiger partial charge on any atom is -0.380 e. The molecule has 0 aliphatic heterocycles. The lowest BCUT2D eigenvalue weighted by molar-refractivity contribution is 0.0829. The number of aromatic nitrogens is 1. The molecule has 1 aromatic heterocycles. The fourth-order valence-electron chi connectivity index (χ4n) is 1.58. The van der Waals surface area contributed by atoms with E-state index in [1.807, 2.05) is 13.8 Å². The molecule has 0 radical (unpaired) electrons. The van der Waals surface area contributed by atoms with E-state index in [0.717, 1.165) is 12.3 Å². The van der Waals surface area contributed by atoms with Gasteiger partial charge in [0.15, 0.2) is 5.03 Å². The molecule has 0 bridgehead atoms. The van der Waals surface area contributed by atoms with Gasteiger partial charge in [0, 0.05) is 7.11 Å². The van der Waals surface area contributed by atoms with Crippen LogP contribution in [0.3, 0.4) is 0 Å². The third kappa shape index (κ3) is 5.58. The van der Waals surface area contributed by atoms with Crippen LogP contribution in [0.25, 0.3) is 0 Å². The molecule has 1 heterocycles. The Hall–Kier alpha value is -1.23. The maximum atomic E-state index is 12.0. The predicted octanol–water partition coefficient (Wildman–Crippen LogP) is 0.142. The van der Waals surface area contributed by atoms with E-state index < -0.39 is 26.2 Å². The van der Waals surface area contributed by atoms with Gasteiger partial charge >= 0.3 is 0 Å². The zero-order chi connectivity index (χ0) is 16.3. The number of nitrogens with two attached hydrogens (primary N) is 1. The zero-order valence-electron chi connectivity index (χ0n) is 12.0. The number of ether oxygens (including phenoxy) is 1. The molecule has 0 aliphatic carbocycles. The Bertz CT molecular complexity index is 668. The molecular formula is C11H19N3O5S2. The second kappa shape index (κ2) is 6.69. The van der Waals surface area contributed by atoms with Crippen LogP contribution in [-0.2, 0) is 24.8 Å². The molecular weight excluding hydrogens is 318 g/mol. The summed E-state index contributed by atoms with van der Waals surface area (Å²) in [5.41, 5.74) is 0.154. The van der Waals surface area contributed by atoms with Crippen molar-refractivity contribution in [2.45, 2.75) is 25.0 Å². The van der Waals surface area contributed by atoms with E-state index in [9.17, 15) is 16.8 Å². The van der Waals surface area contributed by atoms with Crippen molar-refractivity contribution in [3.05, 3.63) is 18.3 Å². The van der Waals surface area contributed by atoms with Crippen LogP contribution in [0.4, 0.5) is 5.69 Å². The summed E-state index contributed by atoms with van der Waals surface area (Å²) in [6.07, 6.45) is 0.647. The van der Waals surface area contributed by atoms with Crippen molar-refractivity contribution in [1.29, 1.82) is 0 Å². The van der Waals surface area contributed by atoms with Gasteiger partial charge in [-0.1, -0.05) is 13.8 Å². The third-order valence-electron chi connectivity index (χ3n) is 2.73. The fourth-order valence-corrected chi connectivity index (χ4v) is 3.55. The Kier molecular flexibility index (Phi) is 5.68. The topological polar surface area (TPSA) is 128 Å². The van der Waals surface area contributed by atoms with E-state index in [1.54, 1.807) is 0 Å². The number of hydrogen-bond donors (Lipinski definition) is 2. The van der Waals surface area contributed by atoms with Crippen LogP contribution in [0, 0.1) is 5.92 Å². The van der Waals surface area contributed by atoms with E-state index in [1.165, 1.54) is 13.2 Å². The highest BCUT2D eigenvalue weighted by Gasteiger charge is 2.22. The van der Waals surface area contributed by atoms with Gasteiger partial charge in [-0.25, -0.2) is 27.0 Å². The maximum absolute atomic E-state index is 12.0. The summed E-state index contributed by atoms with van der Waals surface area (Å²) < 4.78 is 53.5. The highest BCUT2D eigenvalue weighted by Crippen LogP contribution is 2.14. The number of nitrogens with one attached hydrogen (secondary N) is 1. The summed E-state index contributed by atoms with van der Waals surface area (Å²) in [7, 11) is -6.09. The molecule has 0 saturated heterocycles. The number of nitrogens with zero attached hydrogens (tertiary/aromatic N) is 1. The molecule has 0 aliphatic rings. The van der Waals surface area contributed by atoms with Crippen molar-refractivity contribution < 1.29 is 21.6 Å². The number of methoxy groups -OCH3 is 1. The first-order valence-corrected chi connectivity index (χ1v) is 9.27. The Morgan fingerprint density at radius 3 is 2.29 bits per heavy atom. The lowest BCUT2D eigenvalue weighted by Crippen LogP contribution is -2.31. The van der Waals surface area contributed by atoms with Crippen molar-refractivity contribution in [3.8, 4) is 0 Å². The lowest BCUT2D eigenvalue weighted by Gasteiger charge is -2.19. The zero-order valence-corrected chi connectivity index (χ0v) is 13.6. The molecule has 0 fully saturated rings. The van der Waals surface area contributed by atoms with Crippen molar-refractivity contribution in [2.75, 3.05) is 17.6 Å². The van der Waals surface area contributed by atoms with Crippen LogP contribution < -0.4 is 9.86 Å². The first-order chi connectivity index (χ1) is 9.55. The van der Waals surface area contributed by atoms with Gasteiger partial charge in [0.25, 0.3) is 10.0 Å². The van der Waals surface area contributed by atoms with Crippen molar-refractivity contribution in [2.24, 2.45) is 11.1 Å². The lowest BCUT2D eigenvalue weighted by atomic mass is 10.1. The van der Waals surface area contributed by atoms with Crippen molar-refractivity contribution in [3.63, 3.8) is 0 Å². The minimum atomic E-state index is -3.91. The van der Waals surface area contributed by atoms with Crippen LogP contribution in [0.15, 0.2) is 23.4 Å². The van der Waals surface area contributed by atoms with Crippen LogP contribution in [-0.4, -0.2) is 40.8 Å². The van der Waals surface area contributed by atoms with Gasteiger partial charge in [0.2, 0.25) is 10.0 Å². The predicted molar refractivity (Wildman–Crippen MR) is 78.7 cm³/mol. The van der Waals surface area contributed by atoms with E-state index in [-0.39, 0.29) is 22.4 Å². The molecule has 1 aromatic rings. The summed E-state index contributed by atoms with van der Waals surface area (Å²) in [5.74, 6) is -0.174. The number of hydrogen-bond acceptors (Lipinski definition) is 6. The summed E-state index contributed by atoms with van der Waals surface area (Å²) in [4.78, 5) is 3.60. The average Bonchev–Trinajstić information content (AvgIpc) is 2.34. The molecule has 0 aromatic carbocycles. The normalized spacial score (nSPS) is 14.1. The van der Waals surface area contributed by atoms with Gasteiger partial charge in [-0.3, -0.25) is 4.72 Å². The van der Waals surface area contributed by atoms with Gasteiger partial charge in [-0.2, -0.15) is 0 Å². The van der Waals surface area contributed by atoms with Gasteiger partial charge in [-0.15, -0.1) is 0 Å². The van der Waals surface area contributed by atoms with Crippen molar-refractivity contribution >= 4 is 25.7 Å². The number of primary sulfonamides is 1. The SMILES string of the molecule is COC(CS(=O)(=O)Nc1ccc(S(N)(=O)=O)nc1)C(C)C. The molecule has 0 amide bonds. The van der Waals surface area contributed by atoms with Gasteiger partial charge in [-0.05, 0) is 18.1 Å². The van der Waals surface area contributed by atoms with Crippen LogP contribution >= 0.6 is 0 Å². The van der Waals surface area contributed by atoms with E-state index in [4.69, 9.17) is 9.88 Å². The van der Waals surface area contributed by atoms with Gasteiger partial charge < -0.3 is 4.74 Å². The van der Waals surface area contributed by atoms with Gasteiger partial charge in [0.1, 0.15) is 0 Å². The molecule has 1 unspecified atom stereocenters. The maximum Gasteiger partial charge on any atom is 0.255 e. The molecule has 21 heavy (non-hydrogen) atoms. The number of sulfonamides is 2. The molecule has 0 spiro atoms. The standard InChI is InChI=1S/C11H19N3O5S2/c1-8(2)10(19-3)7-20(15,16)14-9-4-5-11(13-6-9)21(12,17)18/h4-6,8,10,14H,7H2,1-3H3,(H2,12,17,18). The summed E-state index contributed by atoms with van der Waals surface area (Å²) >= 11 is 0. The Morgan fingerprint density at radius 1 is 1.29 bits per heavy atom. The second-order valence-corrected chi connectivity index (χ2v) is 8.11. The minimum absolute atomic E-state index is 0.0365. The number of anilines is 1. The molecule has 120 valence electrons. The first-order valence-electron chi connectivity index (χ1n) is 6.07. The third-order valence-corrected chi connectivity index (χ3v) is 4.87. The fraction of sp³-hybridized carbons (Fsp3) is 0.545. The monoisotopic (exact) mass is 337 g/mol. The van der Waals surface area contributed by atoms with Crippen LogP contribution in [0.5, 0.6) is 0 Å². The summed E-state index contributed by atoms with van der Waals surface area (Å²) in [5, 5.41) is 4.57. The molecule has 1 rings (SSSR count). The summed E-state index contributed by atoms with van der Waals surface area (Å²) in [6, 6.07) is 2.41. The molecule has 8 nitrogen and oxygen atoms in total. The second-order valence-electron chi connectivity index (χ2n) is 4.83. The Morgan fingerprint density at radius 2 is 1.90 bits per heavy atom. The highest BCUT2D eigenvalue weighted by molar-refractivity contribution is 7.92. The Balaban J connectivity index is 2.85.